The van der Waals surface area contributed by atoms with Gasteiger partial charge in [-0.25, -0.2) is 0 Å². The summed E-state index contributed by atoms with van der Waals surface area (Å²) in [5.41, 5.74) is 29.9. The summed E-state index contributed by atoms with van der Waals surface area (Å²) >= 11 is 0. The number of rotatable bonds is 19. The number of unbranched alkanes of at least 4 members (excludes halogenated alkanes) is 4. The number of hydrogen-bond donors (Lipinski definition) is 0. The number of nitrogens with zero attached hydrogens (tertiary/aromatic N) is 3. The average Bonchev–Trinajstić information content (AvgIpc) is 1.78. The standard InChI is InChI=1S/C79H78BN3/c1-7-11-23-55-33-40-62(41-34-55)81(63-42-35-56(36-43-63)24-12-8-2)65-46-48-75-73(52-65)80-78-70(69-53-68-66-31-21-22-32-71(66)79(5,6)72(68)54-76(69)83(80)64-44-37-57(38-45-64)25-13-9-3)50-61(59-27-17-15-18-28-59)51-77(78)82(75)74-47-39-58(26-14-10-4)49-67(74)60-29-19-16-20-30-60/h15-19,21-22,27-29,31-45,47,49-54H,7-14,20,23-26,30H2,1-6H3. The molecule has 0 unspecified atom stereocenters. The number of aryl methyl sites for hydroxylation is 4. The molecule has 0 amide bonds. The Kier molecular flexibility index (Phi) is 15.1. The van der Waals surface area contributed by atoms with Gasteiger partial charge in [0.2, 0.25) is 0 Å². The lowest BCUT2D eigenvalue weighted by molar-refractivity contribution is 0.660. The monoisotopic (exact) mass is 1080 g/mol. The quantitative estimate of drug-likeness (QED) is 0.0747. The van der Waals surface area contributed by atoms with Crippen molar-refractivity contribution in [3.8, 4) is 33.4 Å². The number of fused-ring (bicyclic) bond motifs is 7. The van der Waals surface area contributed by atoms with Gasteiger partial charge in [-0.1, -0.05) is 183 Å². The van der Waals surface area contributed by atoms with E-state index in [9.17, 15) is 0 Å². The highest BCUT2D eigenvalue weighted by Crippen LogP contribution is 2.56. The average molecular weight is 1080 g/mol. The molecule has 0 spiro atoms. The SMILES string of the molecule is CCCCc1ccc(N2B3c4cc(N(c5ccc(CCCC)cc5)c5ccc(CCCC)cc5)c#cc4N(c4ccc(CCCC)cc4C4=CC=CCC4)c4cc(-c5ccccc5)cc(c43)-c3cc4c(cc32)C(C)(C)c2ccccc2-4)cc1. The van der Waals surface area contributed by atoms with E-state index < -0.39 is 0 Å². The van der Waals surface area contributed by atoms with Crippen LogP contribution in [0.5, 0.6) is 0 Å². The van der Waals surface area contributed by atoms with Gasteiger partial charge in [-0.2, -0.15) is 0 Å². The number of hydrogen-bond acceptors (Lipinski definition) is 3. The second-order valence-corrected chi connectivity index (χ2v) is 24.4. The second kappa shape index (κ2) is 23.2. The Morgan fingerprint density at radius 2 is 1.11 bits per heavy atom. The molecule has 0 bridgehead atoms. The Morgan fingerprint density at radius 1 is 0.494 bits per heavy atom. The molecule has 2 aliphatic heterocycles. The Bertz CT molecular complexity index is 3830. The zero-order valence-electron chi connectivity index (χ0n) is 49.8. The van der Waals surface area contributed by atoms with Gasteiger partial charge in [0, 0.05) is 45.0 Å². The van der Waals surface area contributed by atoms with Crippen LogP contribution in [0.15, 0.2) is 194 Å². The molecule has 412 valence electrons. The molecular formula is C79H78BN3. The minimum absolute atomic E-state index is 0.202. The van der Waals surface area contributed by atoms with E-state index in [2.05, 4.69) is 262 Å². The molecule has 3 nitrogen and oxygen atoms in total. The van der Waals surface area contributed by atoms with Crippen LogP contribution in [0.4, 0.5) is 45.5 Å². The summed E-state index contributed by atoms with van der Waals surface area (Å²) in [7, 11) is 0. The first-order valence-electron chi connectivity index (χ1n) is 31.4. The van der Waals surface area contributed by atoms with Crippen molar-refractivity contribution in [2.45, 2.75) is 137 Å². The molecule has 13 rings (SSSR count). The highest BCUT2D eigenvalue weighted by atomic mass is 15.2. The molecule has 0 radical (unpaired) electrons. The maximum atomic E-state index is 4.09. The maximum Gasteiger partial charge on any atom is 0.333 e. The largest absolute Gasteiger partial charge is 0.376 e. The minimum atomic E-state index is -0.238. The van der Waals surface area contributed by atoms with Crippen molar-refractivity contribution in [1.29, 1.82) is 0 Å². The third-order valence-electron chi connectivity index (χ3n) is 18.5. The van der Waals surface area contributed by atoms with E-state index in [1.807, 2.05) is 0 Å². The van der Waals surface area contributed by atoms with Gasteiger partial charge in [0.1, 0.15) is 0 Å². The van der Waals surface area contributed by atoms with Crippen LogP contribution in [0.1, 0.15) is 145 Å². The van der Waals surface area contributed by atoms with Crippen LogP contribution in [-0.4, -0.2) is 6.85 Å². The first kappa shape index (κ1) is 54.0. The van der Waals surface area contributed by atoms with E-state index in [4.69, 9.17) is 0 Å². The van der Waals surface area contributed by atoms with Crippen LogP contribution >= 0.6 is 0 Å². The molecule has 9 aromatic rings. The topological polar surface area (TPSA) is 9.72 Å². The first-order valence-corrected chi connectivity index (χ1v) is 31.4. The summed E-state index contributed by atoms with van der Waals surface area (Å²) in [6.45, 7) is 13.8. The number of benzene rings is 8. The highest BCUT2D eigenvalue weighted by molar-refractivity contribution is 6.93. The summed E-state index contributed by atoms with van der Waals surface area (Å²) < 4.78 is 0. The van der Waals surface area contributed by atoms with Gasteiger partial charge in [0.15, 0.2) is 0 Å². The molecule has 83 heavy (non-hydrogen) atoms. The first-order chi connectivity index (χ1) is 40.8. The van der Waals surface area contributed by atoms with Crippen LogP contribution in [0.3, 0.4) is 0 Å². The summed E-state index contributed by atoms with van der Waals surface area (Å²) in [5, 5.41) is 0. The van der Waals surface area contributed by atoms with E-state index in [0.29, 0.717) is 0 Å². The summed E-state index contributed by atoms with van der Waals surface area (Å²) in [4.78, 5) is 7.76. The lowest BCUT2D eigenvalue weighted by Crippen LogP contribution is -2.61. The van der Waals surface area contributed by atoms with Gasteiger partial charge in [-0.3, -0.25) is 0 Å². The molecule has 2 aliphatic carbocycles. The van der Waals surface area contributed by atoms with Crippen LogP contribution in [0.2, 0.25) is 0 Å². The van der Waals surface area contributed by atoms with Gasteiger partial charge >= 0.3 is 6.85 Å². The van der Waals surface area contributed by atoms with Crippen LogP contribution in [0, 0.1) is 12.1 Å². The van der Waals surface area contributed by atoms with Gasteiger partial charge < -0.3 is 14.6 Å². The van der Waals surface area contributed by atoms with Crippen molar-refractivity contribution in [2.24, 2.45) is 0 Å². The predicted octanol–water partition coefficient (Wildman–Crippen LogP) is 20.5. The Labute approximate surface area is 496 Å². The van der Waals surface area contributed by atoms with Crippen LogP contribution in [0.25, 0.3) is 39.0 Å². The fourth-order valence-corrected chi connectivity index (χ4v) is 13.9. The summed E-state index contributed by atoms with van der Waals surface area (Å²) in [5.74, 6) is 0. The second-order valence-electron chi connectivity index (χ2n) is 24.4. The fourth-order valence-electron chi connectivity index (χ4n) is 13.9. The van der Waals surface area contributed by atoms with Crippen LogP contribution in [-0.2, 0) is 31.1 Å². The maximum absolute atomic E-state index is 4.09. The van der Waals surface area contributed by atoms with Crippen molar-refractivity contribution >= 4 is 68.8 Å². The van der Waals surface area contributed by atoms with Gasteiger partial charge in [-0.15, -0.1) is 0 Å². The zero-order chi connectivity index (χ0) is 56.6. The number of allylic oxidation sites excluding steroid dienone is 4. The van der Waals surface area contributed by atoms with Gasteiger partial charge in [-0.05, 0) is 233 Å². The molecule has 0 atom stereocenters. The number of anilines is 8. The molecule has 4 aliphatic rings. The third-order valence-corrected chi connectivity index (χ3v) is 18.5. The predicted molar refractivity (Wildman–Crippen MR) is 356 cm³/mol. The molecule has 0 saturated carbocycles. The van der Waals surface area contributed by atoms with Gasteiger partial charge in [0.05, 0.1) is 17.1 Å². The van der Waals surface area contributed by atoms with E-state index >= 15 is 0 Å². The van der Waals surface area contributed by atoms with E-state index in [1.165, 1.54) is 150 Å². The lowest BCUT2D eigenvalue weighted by atomic mass is 9.43. The summed E-state index contributed by atoms with van der Waals surface area (Å²) in [6.07, 6.45) is 22.6. The van der Waals surface area contributed by atoms with Crippen molar-refractivity contribution in [1.82, 2.24) is 0 Å². The van der Waals surface area contributed by atoms with E-state index in [-0.39, 0.29) is 12.3 Å². The molecule has 0 aromatic heterocycles. The molecule has 2 heterocycles. The normalized spacial score (nSPS) is 14.1. The van der Waals surface area contributed by atoms with Crippen molar-refractivity contribution in [3.05, 3.63) is 245 Å². The van der Waals surface area contributed by atoms with Crippen molar-refractivity contribution in [2.75, 3.05) is 14.6 Å². The third kappa shape index (κ3) is 10.0. The lowest BCUT2D eigenvalue weighted by Gasteiger charge is -2.46. The highest BCUT2D eigenvalue weighted by Gasteiger charge is 2.48. The summed E-state index contributed by atoms with van der Waals surface area (Å²) in [6, 6.07) is 76.6. The smallest absolute Gasteiger partial charge is 0.333 e. The molecule has 4 heteroatoms. The molecular weight excluding hydrogens is 1000 g/mol. The van der Waals surface area contributed by atoms with E-state index in [0.717, 1.165) is 74.1 Å². The zero-order valence-corrected chi connectivity index (χ0v) is 49.8. The molecule has 9 aromatic carbocycles. The minimum Gasteiger partial charge on any atom is -0.376 e. The molecule has 0 fully saturated rings. The fraction of sp³-hybridized carbons (Fsp3) is 0.266. The Morgan fingerprint density at radius 3 is 1.75 bits per heavy atom. The van der Waals surface area contributed by atoms with Crippen molar-refractivity contribution in [3.63, 3.8) is 0 Å². The van der Waals surface area contributed by atoms with Crippen LogP contribution < -0.4 is 25.5 Å². The Hall–Kier alpha value is -8.26. The Balaban J connectivity index is 1.13. The van der Waals surface area contributed by atoms with Gasteiger partial charge in [0.25, 0.3) is 0 Å². The van der Waals surface area contributed by atoms with E-state index in [1.54, 1.807) is 0 Å². The molecule has 0 N–H and O–H groups in total. The van der Waals surface area contributed by atoms with Crippen molar-refractivity contribution < 1.29 is 0 Å². The molecule has 0 saturated heterocycles.